The fourth-order valence-electron chi connectivity index (χ4n) is 1.08. The Kier molecular flexibility index (Phi) is 10.6. The van der Waals surface area contributed by atoms with E-state index in [4.69, 9.17) is 9.47 Å². The number of amides is 1. The molecule has 2 atom stereocenters. The second-order valence-electron chi connectivity index (χ2n) is 4.01. The Bertz CT molecular complexity index is 233. The number of aliphatic hydroxyl groups excluding tert-OH is 1. The molecule has 5 heteroatoms. The van der Waals surface area contributed by atoms with Crippen molar-refractivity contribution in [3.05, 3.63) is 19.6 Å². The van der Waals surface area contributed by atoms with Gasteiger partial charge in [0.15, 0.2) is 0 Å². The van der Waals surface area contributed by atoms with E-state index in [0.717, 1.165) is 0 Å². The molecular weight excluding hydrogens is 234 g/mol. The summed E-state index contributed by atoms with van der Waals surface area (Å²) in [4.78, 5) is 10.8. The molecule has 0 aromatic carbocycles. The van der Waals surface area contributed by atoms with E-state index in [0.29, 0.717) is 26.0 Å². The highest BCUT2D eigenvalue weighted by Crippen LogP contribution is 1.97. The molecular formula is C13H24NO4. The van der Waals surface area contributed by atoms with Crippen LogP contribution in [0, 0.1) is 6.92 Å². The minimum atomic E-state index is -0.623. The highest BCUT2D eigenvalue weighted by Gasteiger charge is 2.06. The summed E-state index contributed by atoms with van der Waals surface area (Å²) < 4.78 is 10.6. The summed E-state index contributed by atoms with van der Waals surface area (Å²) >= 11 is 0. The molecule has 0 spiro atoms. The van der Waals surface area contributed by atoms with Gasteiger partial charge in [-0.1, -0.05) is 13.5 Å². The molecule has 0 fully saturated rings. The third-order valence-electron chi connectivity index (χ3n) is 2.24. The first-order valence-electron chi connectivity index (χ1n) is 6.17. The molecule has 0 saturated heterocycles. The van der Waals surface area contributed by atoms with E-state index in [1.165, 1.54) is 6.08 Å². The van der Waals surface area contributed by atoms with Crippen molar-refractivity contribution in [3.63, 3.8) is 0 Å². The number of nitrogens with one attached hydrogen (secondary N) is 1. The second-order valence-corrected chi connectivity index (χ2v) is 4.01. The number of hydrogen-bond donors (Lipinski definition) is 2. The topological polar surface area (TPSA) is 67.8 Å². The van der Waals surface area contributed by atoms with Gasteiger partial charge >= 0.3 is 0 Å². The number of carbonyl (C=O) groups is 1. The van der Waals surface area contributed by atoms with Gasteiger partial charge in [-0.2, -0.15) is 0 Å². The maximum Gasteiger partial charge on any atom is 0.243 e. The van der Waals surface area contributed by atoms with Gasteiger partial charge in [-0.05, 0) is 25.8 Å². The molecule has 0 aromatic heterocycles. The molecule has 0 aromatic rings. The molecule has 1 radical (unpaired) electrons. The minimum Gasteiger partial charge on any atom is -0.388 e. The smallest absolute Gasteiger partial charge is 0.243 e. The van der Waals surface area contributed by atoms with Crippen molar-refractivity contribution in [1.29, 1.82) is 0 Å². The Balaban J connectivity index is 3.32. The maximum atomic E-state index is 10.8. The number of hydrogen-bond acceptors (Lipinski definition) is 4. The van der Waals surface area contributed by atoms with Crippen molar-refractivity contribution in [2.45, 2.75) is 32.0 Å². The molecule has 0 heterocycles. The van der Waals surface area contributed by atoms with Crippen LogP contribution in [0.4, 0.5) is 0 Å². The van der Waals surface area contributed by atoms with Crippen LogP contribution in [0.15, 0.2) is 12.7 Å². The van der Waals surface area contributed by atoms with Gasteiger partial charge < -0.3 is 19.9 Å². The van der Waals surface area contributed by atoms with Crippen molar-refractivity contribution >= 4 is 5.91 Å². The van der Waals surface area contributed by atoms with E-state index in [1.807, 2.05) is 6.92 Å². The van der Waals surface area contributed by atoms with E-state index in [2.05, 4.69) is 18.8 Å². The molecule has 18 heavy (non-hydrogen) atoms. The van der Waals surface area contributed by atoms with Crippen LogP contribution in [0.25, 0.3) is 0 Å². The predicted octanol–water partition coefficient (Wildman–Crippen LogP) is 0.685. The molecule has 0 saturated carbocycles. The highest BCUT2D eigenvalue weighted by molar-refractivity contribution is 5.86. The lowest BCUT2D eigenvalue weighted by Gasteiger charge is -2.15. The summed E-state index contributed by atoms with van der Waals surface area (Å²) in [6.07, 6.45) is 2.03. The number of rotatable bonds is 11. The first-order chi connectivity index (χ1) is 8.60. The van der Waals surface area contributed by atoms with Crippen molar-refractivity contribution in [2.24, 2.45) is 0 Å². The Morgan fingerprint density at radius 1 is 1.50 bits per heavy atom. The molecule has 105 valence electrons. The molecule has 0 bridgehead atoms. The van der Waals surface area contributed by atoms with Crippen LogP contribution in [0.3, 0.4) is 0 Å². The third-order valence-corrected chi connectivity index (χ3v) is 2.24. The van der Waals surface area contributed by atoms with Crippen molar-refractivity contribution in [2.75, 3.05) is 26.4 Å². The van der Waals surface area contributed by atoms with Gasteiger partial charge in [0.05, 0.1) is 19.3 Å². The van der Waals surface area contributed by atoms with E-state index < -0.39 is 6.10 Å². The van der Waals surface area contributed by atoms with Crippen LogP contribution in [0.1, 0.15) is 19.8 Å². The quantitative estimate of drug-likeness (QED) is 0.422. The SMILES string of the molecule is [CH2]CC(C)OCC(O)COCCCNC(=O)C=C. The Morgan fingerprint density at radius 2 is 2.22 bits per heavy atom. The first kappa shape index (κ1) is 17.1. The predicted molar refractivity (Wildman–Crippen MR) is 70.0 cm³/mol. The summed E-state index contributed by atoms with van der Waals surface area (Å²) in [5.74, 6) is -0.189. The fourth-order valence-corrected chi connectivity index (χ4v) is 1.08. The molecule has 5 nitrogen and oxygen atoms in total. The second kappa shape index (κ2) is 11.2. The summed E-state index contributed by atoms with van der Waals surface area (Å²) in [5.41, 5.74) is 0. The van der Waals surface area contributed by atoms with E-state index in [1.54, 1.807) is 0 Å². The Labute approximate surface area is 109 Å². The van der Waals surface area contributed by atoms with Crippen LogP contribution < -0.4 is 5.32 Å². The van der Waals surface area contributed by atoms with Gasteiger partial charge in [-0.25, -0.2) is 0 Å². The molecule has 2 N–H and O–H groups in total. The Hall–Kier alpha value is -0.910. The normalized spacial score (nSPS) is 13.9. The molecule has 0 rings (SSSR count). The molecule has 1 amide bonds. The van der Waals surface area contributed by atoms with Crippen molar-refractivity contribution in [1.82, 2.24) is 5.32 Å². The van der Waals surface area contributed by atoms with Crippen LogP contribution in [0.5, 0.6) is 0 Å². The zero-order valence-corrected chi connectivity index (χ0v) is 11.1. The summed E-state index contributed by atoms with van der Waals surface area (Å²) in [5, 5.41) is 12.2. The monoisotopic (exact) mass is 258 g/mol. The fraction of sp³-hybridized carbons (Fsp3) is 0.692. The lowest BCUT2D eigenvalue weighted by Crippen LogP contribution is -2.26. The van der Waals surface area contributed by atoms with Gasteiger partial charge in [0.2, 0.25) is 5.91 Å². The zero-order chi connectivity index (χ0) is 13.8. The van der Waals surface area contributed by atoms with Crippen molar-refractivity contribution < 1.29 is 19.4 Å². The van der Waals surface area contributed by atoms with E-state index in [9.17, 15) is 9.90 Å². The van der Waals surface area contributed by atoms with E-state index >= 15 is 0 Å². The van der Waals surface area contributed by atoms with Gasteiger partial charge in [0, 0.05) is 13.2 Å². The molecule has 0 aliphatic rings. The minimum absolute atomic E-state index is 0.0498. The number of ether oxygens (including phenoxy) is 2. The standard InChI is InChI=1S/C13H24NO4/c1-4-11(3)18-10-12(15)9-17-8-6-7-14-13(16)5-2/h5,11-12,15H,1-2,4,6-10H2,3H3,(H,14,16). The number of aliphatic hydroxyl groups is 1. The van der Waals surface area contributed by atoms with Gasteiger partial charge in [0.1, 0.15) is 6.10 Å². The van der Waals surface area contributed by atoms with Crippen LogP contribution in [-0.2, 0) is 14.3 Å². The molecule has 0 aliphatic carbocycles. The molecule has 0 aliphatic heterocycles. The van der Waals surface area contributed by atoms with Crippen molar-refractivity contribution in [3.8, 4) is 0 Å². The average Bonchev–Trinajstić information content (AvgIpc) is 2.39. The van der Waals surface area contributed by atoms with Crippen LogP contribution in [0.2, 0.25) is 0 Å². The van der Waals surface area contributed by atoms with Gasteiger partial charge in [-0.3, -0.25) is 4.79 Å². The van der Waals surface area contributed by atoms with Gasteiger partial charge in [-0.15, -0.1) is 0 Å². The number of carbonyl (C=O) groups excluding carboxylic acids is 1. The zero-order valence-electron chi connectivity index (χ0n) is 11.1. The van der Waals surface area contributed by atoms with E-state index in [-0.39, 0.29) is 25.2 Å². The van der Waals surface area contributed by atoms with Gasteiger partial charge in [0.25, 0.3) is 0 Å². The van der Waals surface area contributed by atoms with Crippen LogP contribution >= 0.6 is 0 Å². The average molecular weight is 258 g/mol. The van der Waals surface area contributed by atoms with Crippen LogP contribution in [-0.4, -0.2) is 49.6 Å². The molecule has 2 unspecified atom stereocenters. The third kappa shape index (κ3) is 10.3. The largest absolute Gasteiger partial charge is 0.388 e. The summed E-state index contributed by atoms with van der Waals surface area (Å²) in [6.45, 7) is 10.5. The Morgan fingerprint density at radius 3 is 2.83 bits per heavy atom. The summed E-state index contributed by atoms with van der Waals surface area (Å²) in [7, 11) is 0. The lowest BCUT2D eigenvalue weighted by molar-refractivity contribution is -0.116. The maximum absolute atomic E-state index is 10.8. The lowest BCUT2D eigenvalue weighted by atomic mass is 10.3. The first-order valence-corrected chi connectivity index (χ1v) is 6.17. The highest BCUT2D eigenvalue weighted by atomic mass is 16.5. The summed E-state index contributed by atoms with van der Waals surface area (Å²) in [6, 6.07) is 0.